The van der Waals surface area contributed by atoms with Gasteiger partial charge in [0.05, 0.1) is 0 Å². The molecule has 0 aliphatic heterocycles. The molecule has 0 saturated heterocycles. The quantitative estimate of drug-likeness (QED) is 0.771. The van der Waals surface area contributed by atoms with Crippen LogP contribution < -0.4 is 5.32 Å². The maximum absolute atomic E-state index is 3.62. The Bertz CT molecular complexity index is 302. The van der Waals surface area contributed by atoms with E-state index >= 15 is 0 Å². The second-order valence-electron chi connectivity index (χ2n) is 5.33. The van der Waals surface area contributed by atoms with Gasteiger partial charge in [-0.3, -0.25) is 0 Å². The molecule has 1 heteroatoms. The zero-order valence-electron chi connectivity index (χ0n) is 10.4. The van der Waals surface area contributed by atoms with Gasteiger partial charge in [0.25, 0.3) is 0 Å². The van der Waals surface area contributed by atoms with Gasteiger partial charge in [-0.2, -0.15) is 0 Å². The third kappa shape index (κ3) is 3.64. The van der Waals surface area contributed by atoms with E-state index in [1.807, 2.05) is 0 Å². The number of hydrogen-bond donors (Lipinski definition) is 1. The molecule has 0 heterocycles. The molecule has 16 heavy (non-hydrogen) atoms. The van der Waals surface area contributed by atoms with E-state index in [-0.39, 0.29) is 0 Å². The van der Waals surface area contributed by atoms with Crippen LogP contribution in [0.2, 0.25) is 0 Å². The fraction of sp³-hybridized carbons (Fsp3) is 0.600. The fourth-order valence-electron chi connectivity index (χ4n) is 2.03. The third-order valence-corrected chi connectivity index (χ3v) is 3.68. The molecular weight excluding hydrogens is 194 g/mol. The summed E-state index contributed by atoms with van der Waals surface area (Å²) in [6.45, 7) is 5.91. The monoisotopic (exact) mass is 217 g/mol. The molecule has 2 atom stereocenters. The van der Waals surface area contributed by atoms with E-state index in [1.165, 1.54) is 31.4 Å². The summed E-state index contributed by atoms with van der Waals surface area (Å²) in [7, 11) is 0. The SMILES string of the molecule is CC(CNC1CC1)C(C)Cc1ccccc1. The third-order valence-electron chi connectivity index (χ3n) is 3.68. The molecule has 1 aliphatic rings. The number of hydrogen-bond acceptors (Lipinski definition) is 1. The Labute approximate surface area is 99.3 Å². The van der Waals surface area contributed by atoms with Crippen LogP contribution in [0, 0.1) is 11.8 Å². The Balaban J connectivity index is 1.75. The predicted molar refractivity (Wildman–Crippen MR) is 69.5 cm³/mol. The molecule has 0 spiro atoms. The average molecular weight is 217 g/mol. The van der Waals surface area contributed by atoms with Gasteiger partial charge < -0.3 is 5.32 Å². The van der Waals surface area contributed by atoms with E-state index in [0.717, 1.165) is 17.9 Å². The van der Waals surface area contributed by atoms with Crippen molar-refractivity contribution in [2.24, 2.45) is 11.8 Å². The standard InChI is InChI=1S/C15H23N/c1-12(10-14-6-4-3-5-7-14)13(2)11-16-15-8-9-15/h3-7,12-13,15-16H,8-11H2,1-2H3. The minimum atomic E-state index is 0.758. The van der Waals surface area contributed by atoms with Crippen LogP contribution in [-0.2, 0) is 6.42 Å². The fourth-order valence-corrected chi connectivity index (χ4v) is 2.03. The van der Waals surface area contributed by atoms with Crippen molar-refractivity contribution in [2.75, 3.05) is 6.54 Å². The molecule has 0 radical (unpaired) electrons. The first-order chi connectivity index (χ1) is 7.75. The summed E-state index contributed by atoms with van der Waals surface area (Å²) in [4.78, 5) is 0. The highest BCUT2D eigenvalue weighted by Crippen LogP contribution is 2.21. The minimum absolute atomic E-state index is 0.758. The highest BCUT2D eigenvalue weighted by molar-refractivity contribution is 5.15. The van der Waals surface area contributed by atoms with Crippen molar-refractivity contribution in [3.63, 3.8) is 0 Å². The number of benzene rings is 1. The highest BCUT2D eigenvalue weighted by Gasteiger charge is 2.22. The summed E-state index contributed by atoms with van der Waals surface area (Å²) in [6, 6.07) is 11.7. The van der Waals surface area contributed by atoms with Crippen molar-refractivity contribution in [3.05, 3.63) is 35.9 Å². The van der Waals surface area contributed by atoms with Crippen molar-refractivity contribution in [1.29, 1.82) is 0 Å². The summed E-state index contributed by atoms with van der Waals surface area (Å²) < 4.78 is 0. The minimum Gasteiger partial charge on any atom is -0.314 e. The second kappa shape index (κ2) is 5.49. The van der Waals surface area contributed by atoms with Gasteiger partial charge >= 0.3 is 0 Å². The summed E-state index contributed by atoms with van der Waals surface area (Å²) in [5.41, 5.74) is 1.47. The molecule has 2 rings (SSSR count). The molecule has 1 aromatic rings. The highest BCUT2D eigenvalue weighted by atomic mass is 14.9. The maximum Gasteiger partial charge on any atom is 0.00683 e. The van der Waals surface area contributed by atoms with E-state index < -0.39 is 0 Å². The molecule has 1 aromatic carbocycles. The Kier molecular flexibility index (Phi) is 4.00. The van der Waals surface area contributed by atoms with Crippen molar-refractivity contribution in [1.82, 2.24) is 5.32 Å². The average Bonchev–Trinajstić information content (AvgIpc) is 3.11. The molecule has 0 amide bonds. The van der Waals surface area contributed by atoms with Crippen LogP contribution in [0.25, 0.3) is 0 Å². The number of rotatable bonds is 6. The lowest BCUT2D eigenvalue weighted by Gasteiger charge is -2.20. The Morgan fingerprint density at radius 3 is 2.44 bits per heavy atom. The van der Waals surface area contributed by atoms with Gasteiger partial charge in [-0.15, -0.1) is 0 Å². The van der Waals surface area contributed by atoms with Crippen LogP contribution in [-0.4, -0.2) is 12.6 Å². The molecule has 1 saturated carbocycles. The van der Waals surface area contributed by atoms with Gasteiger partial charge in [-0.1, -0.05) is 44.2 Å². The molecule has 1 fully saturated rings. The second-order valence-corrected chi connectivity index (χ2v) is 5.33. The molecule has 1 N–H and O–H groups in total. The molecule has 88 valence electrons. The van der Waals surface area contributed by atoms with Crippen molar-refractivity contribution in [2.45, 2.75) is 39.2 Å². The molecule has 0 aromatic heterocycles. The predicted octanol–water partition coefficient (Wildman–Crippen LogP) is 3.25. The van der Waals surface area contributed by atoms with Crippen molar-refractivity contribution < 1.29 is 0 Å². The van der Waals surface area contributed by atoms with Gasteiger partial charge in [-0.05, 0) is 43.2 Å². The molecular formula is C15H23N. The summed E-state index contributed by atoms with van der Waals surface area (Å²) in [6.07, 6.45) is 3.98. The van der Waals surface area contributed by atoms with Crippen LogP contribution in [0.3, 0.4) is 0 Å². The lowest BCUT2D eigenvalue weighted by molar-refractivity contribution is 0.364. The largest absolute Gasteiger partial charge is 0.314 e. The number of nitrogens with one attached hydrogen (secondary N) is 1. The van der Waals surface area contributed by atoms with Crippen molar-refractivity contribution >= 4 is 0 Å². The van der Waals surface area contributed by atoms with Crippen LogP contribution in [0.15, 0.2) is 30.3 Å². The van der Waals surface area contributed by atoms with Gasteiger partial charge in [0.2, 0.25) is 0 Å². The summed E-state index contributed by atoms with van der Waals surface area (Å²) in [5, 5.41) is 3.62. The first-order valence-corrected chi connectivity index (χ1v) is 6.53. The molecule has 1 aliphatic carbocycles. The van der Waals surface area contributed by atoms with Crippen LogP contribution >= 0.6 is 0 Å². The summed E-state index contributed by atoms with van der Waals surface area (Å²) in [5.74, 6) is 1.52. The lowest BCUT2D eigenvalue weighted by Crippen LogP contribution is -2.27. The Morgan fingerprint density at radius 1 is 1.12 bits per heavy atom. The maximum atomic E-state index is 3.62. The molecule has 1 nitrogen and oxygen atoms in total. The normalized spacial score (nSPS) is 19.4. The van der Waals surface area contributed by atoms with Crippen molar-refractivity contribution in [3.8, 4) is 0 Å². The van der Waals surface area contributed by atoms with Gasteiger partial charge in [-0.25, -0.2) is 0 Å². The van der Waals surface area contributed by atoms with E-state index in [9.17, 15) is 0 Å². The zero-order chi connectivity index (χ0) is 11.4. The smallest absolute Gasteiger partial charge is 0.00683 e. The zero-order valence-corrected chi connectivity index (χ0v) is 10.4. The van der Waals surface area contributed by atoms with E-state index in [0.29, 0.717) is 0 Å². The van der Waals surface area contributed by atoms with E-state index in [4.69, 9.17) is 0 Å². The lowest BCUT2D eigenvalue weighted by atomic mass is 9.89. The topological polar surface area (TPSA) is 12.0 Å². The molecule has 2 unspecified atom stereocenters. The van der Waals surface area contributed by atoms with Crippen LogP contribution in [0.4, 0.5) is 0 Å². The van der Waals surface area contributed by atoms with Crippen LogP contribution in [0.5, 0.6) is 0 Å². The van der Waals surface area contributed by atoms with Gasteiger partial charge in [0, 0.05) is 6.04 Å². The summed E-state index contributed by atoms with van der Waals surface area (Å²) >= 11 is 0. The molecule has 0 bridgehead atoms. The van der Waals surface area contributed by atoms with Crippen LogP contribution in [0.1, 0.15) is 32.3 Å². The Morgan fingerprint density at radius 2 is 1.81 bits per heavy atom. The first kappa shape index (κ1) is 11.7. The van der Waals surface area contributed by atoms with E-state index in [2.05, 4.69) is 49.5 Å². The Hall–Kier alpha value is -0.820. The van der Waals surface area contributed by atoms with E-state index in [1.54, 1.807) is 0 Å². The van der Waals surface area contributed by atoms with Gasteiger partial charge in [0.1, 0.15) is 0 Å². The van der Waals surface area contributed by atoms with Gasteiger partial charge in [0.15, 0.2) is 0 Å². The first-order valence-electron chi connectivity index (χ1n) is 6.53.